The number of carboxylic acids is 1. The van der Waals surface area contributed by atoms with Crippen molar-refractivity contribution in [1.29, 1.82) is 0 Å². The maximum atomic E-state index is 11.8. The summed E-state index contributed by atoms with van der Waals surface area (Å²) in [6, 6.07) is 0. The van der Waals surface area contributed by atoms with Gasteiger partial charge in [-0.1, -0.05) is 20.8 Å². The SMILES string of the molecule is CC1CC(C)(C)CC1(C(=O)O)N1CCOCC1. The highest BCUT2D eigenvalue weighted by atomic mass is 16.5. The Bertz CT molecular complexity index is 310. The van der Waals surface area contributed by atoms with Crippen molar-refractivity contribution >= 4 is 5.97 Å². The Labute approximate surface area is 103 Å². The molecule has 1 aliphatic carbocycles. The summed E-state index contributed by atoms with van der Waals surface area (Å²) >= 11 is 0. The molecule has 2 unspecified atom stereocenters. The lowest BCUT2D eigenvalue weighted by Crippen LogP contribution is -2.60. The van der Waals surface area contributed by atoms with Gasteiger partial charge in [0.15, 0.2) is 0 Å². The first-order chi connectivity index (χ1) is 7.88. The molecule has 0 amide bonds. The summed E-state index contributed by atoms with van der Waals surface area (Å²) in [6.07, 6.45) is 1.73. The van der Waals surface area contributed by atoms with Crippen molar-refractivity contribution in [2.24, 2.45) is 11.3 Å². The van der Waals surface area contributed by atoms with Gasteiger partial charge in [-0.25, -0.2) is 0 Å². The fourth-order valence-corrected chi connectivity index (χ4v) is 3.78. The van der Waals surface area contributed by atoms with E-state index in [9.17, 15) is 9.90 Å². The van der Waals surface area contributed by atoms with E-state index in [1.165, 1.54) is 0 Å². The van der Waals surface area contributed by atoms with Crippen LogP contribution in [0, 0.1) is 11.3 Å². The van der Waals surface area contributed by atoms with Gasteiger partial charge < -0.3 is 9.84 Å². The third-order valence-corrected chi connectivity index (χ3v) is 4.37. The summed E-state index contributed by atoms with van der Waals surface area (Å²) in [5, 5.41) is 9.74. The maximum absolute atomic E-state index is 11.8. The standard InChI is InChI=1S/C13H23NO3/c1-10-8-12(2,3)9-13(10,11(15)16)14-4-6-17-7-5-14/h10H,4-9H2,1-3H3,(H,15,16). The highest BCUT2D eigenvalue weighted by Crippen LogP contribution is 2.50. The summed E-state index contributed by atoms with van der Waals surface area (Å²) in [4.78, 5) is 14.0. The average molecular weight is 241 g/mol. The number of hydrogen-bond acceptors (Lipinski definition) is 3. The molecular weight excluding hydrogens is 218 g/mol. The molecular formula is C13H23NO3. The van der Waals surface area contributed by atoms with E-state index in [1.54, 1.807) is 0 Å². The van der Waals surface area contributed by atoms with E-state index in [4.69, 9.17) is 4.74 Å². The first-order valence-corrected chi connectivity index (χ1v) is 6.45. The third-order valence-electron chi connectivity index (χ3n) is 4.37. The maximum Gasteiger partial charge on any atom is 0.324 e. The molecule has 2 aliphatic rings. The van der Waals surface area contributed by atoms with E-state index >= 15 is 0 Å². The molecule has 4 nitrogen and oxygen atoms in total. The molecule has 0 spiro atoms. The van der Waals surface area contributed by atoms with Crippen LogP contribution in [0.5, 0.6) is 0 Å². The van der Waals surface area contributed by atoms with Crippen LogP contribution in [-0.2, 0) is 9.53 Å². The van der Waals surface area contributed by atoms with E-state index in [2.05, 4.69) is 25.7 Å². The van der Waals surface area contributed by atoms with E-state index < -0.39 is 11.5 Å². The molecule has 4 heteroatoms. The van der Waals surface area contributed by atoms with Crippen molar-refractivity contribution in [2.45, 2.75) is 39.2 Å². The van der Waals surface area contributed by atoms with Crippen molar-refractivity contribution < 1.29 is 14.6 Å². The zero-order chi connectivity index (χ0) is 12.7. The largest absolute Gasteiger partial charge is 0.480 e. The minimum absolute atomic E-state index is 0.121. The smallest absolute Gasteiger partial charge is 0.324 e. The highest BCUT2D eigenvalue weighted by molar-refractivity contribution is 5.80. The zero-order valence-electron chi connectivity index (χ0n) is 11.0. The lowest BCUT2D eigenvalue weighted by Gasteiger charge is -2.43. The molecule has 1 saturated carbocycles. The number of morpholine rings is 1. The van der Waals surface area contributed by atoms with Gasteiger partial charge in [0.1, 0.15) is 5.54 Å². The molecule has 1 heterocycles. The van der Waals surface area contributed by atoms with Gasteiger partial charge in [0, 0.05) is 13.1 Å². The Morgan fingerprint density at radius 3 is 2.35 bits per heavy atom. The monoisotopic (exact) mass is 241 g/mol. The molecule has 2 atom stereocenters. The van der Waals surface area contributed by atoms with Gasteiger partial charge in [-0.2, -0.15) is 0 Å². The number of hydrogen-bond donors (Lipinski definition) is 1. The van der Waals surface area contributed by atoms with Gasteiger partial charge in [0.2, 0.25) is 0 Å². The average Bonchev–Trinajstić information content (AvgIpc) is 2.50. The van der Waals surface area contributed by atoms with Crippen molar-refractivity contribution in [3.8, 4) is 0 Å². The van der Waals surface area contributed by atoms with E-state index in [-0.39, 0.29) is 11.3 Å². The Morgan fingerprint density at radius 2 is 1.94 bits per heavy atom. The minimum atomic E-state index is -0.673. The Hall–Kier alpha value is -0.610. The number of ether oxygens (including phenoxy) is 1. The van der Waals surface area contributed by atoms with Crippen LogP contribution in [-0.4, -0.2) is 47.8 Å². The van der Waals surface area contributed by atoms with Gasteiger partial charge in [-0.05, 0) is 24.2 Å². The van der Waals surface area contributed by atoms with Crippen molar-refractivity contribution in [3.05, 3.63) is 0 Å². The summed E-state index contributed by atoms with van der Waals surface area (Å²) in [7, 11) is 0. The number of carbonyl (C=O) groups is 1. The van der Waals surface area contributed by atoms with Gasteiger partial charge in [0.25, 0.3) is 0 Å². The lowest BCUT2D eigenvalue weighted by molar-refractivity contribution is -0.158. The van der Waals surface area contributed by atoms with E-state index in [0.717, 1.165) is 25.9 Å². The van der Waals surface area contributed by atoms with E-state index in [0.29, 0.717) is 13.2 Å². The van der Waals surface area contributed by atoms with Crippen molar-refractivity contribution in [3.63, 3.8) is 0 Å². The van der Waals surface area contributed by atoms with Gasteiger partial charge in [-0.3, -0.25) is 9.69 Å². The molecule has 1 N–H and O–H groups in total. The fourth-order valence-electron chi connectivity index (χ4n) is 3.78. The zero-order valence-corrected chi connectivity index (χ0v) is 11.0. The predicted molar refractivity (Wildman–Crippen MR) is 64.9 cm³/mol. The number of rotatable bonds is 2. The molecule has 0 bridgehead atoms. The number of nitrogens with zero attached hydrogens (tertiary/aromatic N) is 1. The molecule has 1 aliphatic heterocycles. The molecule has 2 rings (SSSR count). The van der Waals surface area contributed by atoms with Crippen molar-refractivity contribution in [2.75, 3.05) is 26.3 Å². The van der Waals surface area contributed by atoms with Crippen LogP contribution in [0.4, 0.5) is 0 Å². The second-order valence-corrected chi connectivity index (χ2v) is 6.27. The lowest BCUT2D eigenvalue weighted by atomic mass is 9.84. The van der Waals surface area contributed by atoms with Crippen LogP contribution < -0.4 is 0 Å². The topological polar surface area (TPSA) is 49.8 Å². The summed E-state index contributed by atoms with van der Waals surface area (Å²) < 4.78 is 5.34. The first-order valence-electron chi connectivity index (χ1n) is 6.45. The first kappa shape index (κ1) is 12.8. The van der Waals surface area contributed by atoms with Crippen molar-refractivity contribution in [1.82, 2.24) is 4.90 Å². The molecule has 0 aromatic heterocycles. The fraction of sp³-hybridized carbons (Fsp3) is 0.923. The molecule has 2 fully saturated rings. The minimum Gasteiger partial charge on any atom is -0.480 e. The third kappa shape index (κ3) is 2.08. The quantitative estimate of drug-likeness (QED) is 0.797. The molecule has 0 aromatic rings. The molecule has 17 heavy (non-hydrogen) atoms. The molecule has 0 radical (unpaired) electrons. The van der Waals surface area contributed by atoms with Gasteiger partial charge in [-0.15, -0.1) is 0 Å². The highest BCUT2D eigenvalue weighted by Gasteiger charge is 2.57. The second kappa shape index (κ2) is 4.25. The molecule has 0 aromatic carbocycles. The molecule has 98 valence electrons. The summed E-state index contributed by atoms with van der Waals surface area (Å²) in [5.74, 6) is -0.453. The number of aliphatic carboxylic acids is 1. The molecule has 1 saturated heterocycles. The predicted octanol–water partition coefficient (Wildman–Crippen LogP) is 1.60. The second-order valence-electron chi connectivity index (χ2n) is 6.27. The normalized spacial score (nSPS) is 38.2. The number of carboxylic acid groups (broad SMARTS) is 1. The Balaban J connectivity index is 2.29. The Kier molecular flexibility index (Phi) is 3.21. The summed E-state index contributed by atoms with van der Waals surface area (Å²) in [5.41, 5.74) is -0.552. The van der Waals surface area contributed by atoms with Gasteiger partial charge in [0.05, 0.1) is 13.2 Å². The summed E-state index contributed by atoms with van der Waals surface area (Å²) in [6.45, 7) is 9.23. The van der Waals surface area contributed by atoms with Crippen LogP contribution in [0.15, 0.2) is 0 Å². The van der Waals surface area contributed by atoms with Crippen LogP contribution >= 0.6 is 0 Å². The van der Waals surface area contributed by atoms with Crippen LogP contribution in [0.3, 0.4) is 0 Å². The van der Waals surface area contributed by atoms with Crippen LogP contribution in [0.25, 0.3) is 0 Å². The van der Waals surface area contributed by atoms with E-state index in [1.807, 2.05) is 0 Å². The van der Waals surface area contributed by atoms with Gasteiger partial charge >= 0.3 is 5.97 Å². The van der Waals surface area contributed by atoms with Crippen LogP contribution in [0.1, 0.15) is 33.6 Å². The Morgan fingerprint density at radius 1 is 1.35 bits per heavy atom. The van der Waals surface area contributed by atoms with Crippen LogP contribution in [0.2, 0.25) is 0 Å².